The molecule has 32 heavy (non-hydrogen) atoms. The van der Waals surface area contributed by atoms with Gasteiger partial charge in [0.05, 0.1) is 0 Å². The van der Waals surface area contributed by atoms with E-state index in [1.54, 1.807) is 42.5 Å². The van der Waals surface area contributed by atoms with Crippen molar-refractivity contribution in [2.75, 3.05) is 6.61 Å². The molecule has 0 heterocycles. The van der Waals surface area contributed by atoms with Gasteiger partial charge >= 0.3 is 0 Å². The van der Waals surface area contributed by atoms with Crippen LogP contribution in [0.15, 0.2) is 42.5 Å². The lowest BCUT2D eigenvalue weighted by molar-refractivity contribution is -0.143. The summed E-state index contributed by atoms with van der Waals surface area (Å²) < 4.78 is 5.66. The third-order valence-electron chi connectivity index (χ3n) is 5.62. The van der Waals surface area contributed by atoms with Crippen LogP contribution in [0, 0.1) is 0 Å². The summed E-state index contributed by atoms with van der Waals surface area (Å²) in [5.74, 6) is 0.0689. The molecule has 1 aliphatic rings. The second-order valence-corrected chi connectivity index (χ2v) is 9.19. The van der Waals surface area contributed by atoms with E-state index in [0.717, 1.165) is 25.7 Å². The van der Waals surface area contributed by atoms with Crippen molar-refractivity contribution in [3.05, 3.63) is 63.1 Å². The fourth-order valence-electron chi connectivity index (χ4n) is 3.88. The van der Waals surface area contributed by atoms with Gasteiger partial charge in [0.2, 0.25) is 5.91 Å². The Balaban J connectivity index is 1.78. The van der Waals surface area contributed by atoms with E-state index in [4.69, 9.17) is 39.5 Å². The van der Waals surface area contributed by atoms with Gasteiger partial charge < -0.3 is 15.0 Å². The normalized spacial score (nSPS) is 14.8. The number of nitrogens with one attached hydrogen (secondary N) is 1. The second kappa shape index (κ2) is 11.8. The van der Waals surface area contributed by atoms with Gasteiger partial charge in [-0.3, -0.25) is 9.59 Å². The van der Waals surface area contributed by atoms with Crippen molar-refractivity contribution in [2.24, 2.45) is 0 Å². The third kappa shape index (κ3) is 6.77. The van der Waals surface area contributed by atoms with Crippen LogP contribution in [0.4, 0.5) is 0 Å². The van der Waals surface area contributed by atoms with Crippen LogP contribution in [0.2, 0.25) is 15.1 Å². The number of halogens is 3. The maximum absolute atomic E-state index is 13.2. The van der Waals surface area contributed by atoms with Gasteiger partial charge in [0, 0.05) is 27.7 Å². The summed E-state index contributed by atoms with van der Waals surface area (Å²) in [7, 11) is 0. The Morgan fingerprint density at radius 1 is 1.06 bits per heavy atom. The van der Waals surface area contributed by atoms with Crippen LogP contribution in [-0.2, 0) is 16.1 Å². The molecule has 2 aromatic carbocycles. The monoisotopic (exact) mass is 496 g/mol. The van der Waals surface area contributed by atoms with Gasteiger partial charge in [0.25, 0.3) is 5.91 Å². The molecular formula is C24H27Cl3N2O3. The zero-order valence-electron chi connectivity index (χ0n) is 18.0. The minimum absolute atomic E-state index is 0.149. The predicted molar refractivity (Wildman–Crippen MR) is 128 cm³/mol. The van der Waals surface area contributed by atoms with Gasteiger partial charge in [0.15, 0.2) is 6.61 Å². The number of amides is 2. The van der Waals surface area contributed by atoms with Crippen LogP contribution < -0.4 is 10.1 Å². The van der Waals surface area contributed by atoms with Crippen molar-refractivity contribution in [3.8, 4) is 5.75 Å². The molecule has 1 atom stereocenters. The van der Waals surface area contributed by atoms with Gasteiger partial charge in [-0.15, -0.1) is 0 Å². The first-order valence-electron chi connectivity index (χ1n) is 10.8. The highest BCUT2D eigenvalue weighted by atomic mass is 35.5. The van der Waals surface area contributed by atoms with Crippen molar-refractivity contribution >= 4 is 46.6 Å². The smallest absolute Gasteiger partial charge is 0.261 e. The van der Waals surface area contributed by atoms with E-state index in [1.165, 1.54) is 4.90 Å². The van der Waals surface area contributed by atoms with E-state index in [-0.39, 0.29) is 31.0 Å². The van der Waals surface area contributed by atoms with Crippen LogP contribution >= 0.6 is 34.8 Å². The van der Waals surface area contributed by atoms with Crippen molar-refractivity contribution in [2.45, 2.75) is 57.7 Å². The Morgan fingerprint density at radius 2 is 1.72 bits per heavy atom. The summed E-state index contributed by atoms with van der Waals surface area (Å²) in [5, 5.41) is 4.65. The number of rotatable bonds is 9. The highest BCUT2D eigenvalue weighted by Gasteiger charge is 2.31. The summed E-state index contributed by atoms with van der Waals surface area (Å²) >= 11 is 18.3. The van der Waals surface area contributed by atoms with E-state index in [1.807, 2.05) is 6.92 Å². The van der Waals surface area contributed by atoms with E-state index < -0.39 is 6.04 Å². The molecule has 0 aliphatic heterocycles. The number of carbonyl (C=O) groups is 2. The number of carbonyl (C=O) groups excluding carboxylic acids is 2. The molecule has 0 aromatic heterocycles. The Morgan fingerprint density at radius 3 is 2.34 bits per heavy atom. The molecule has 1 saturated carbocycles. The average Bonchev–Trinajstić information content (AvgIpc) is 3.27. The first-order valence-corrected chi connectivity index (χ1v) is 11.9. The summed E-state index contributed by atoms with van der Waals surface area (Å²) in [5.41, 5.74) is 0.711. The zero-order valence-corrected chi connectivity index (χ0v) is 20.2. The van der Waals surface area contributed by atoms with Crippen molar-refractivity contribution < 1.29 is 14.3 Å². The van der Waals surface area contributed by atoms with E-state index in [0.29, 0.717) is 32.8 Å². The minimum atomic E-state index is -0.635. The molecule has 1 unspecified atom stereocenters. The molecule has 0 spiro atoms. The Hall–Kier alpha value is -1.95. The van der Waals surface area contributed by atoms with Crippen molar-refractivity contribution in [1.82, 2.24) is 10.2 Å². The number of hydrogen-bond donors (Lipinski definition) is 1. The molecule has 172 valence electrons. The van der Waals surface area contributed by atoms with Crippen molar-refractivity contribution in [3.63, 3.8) is 0 Å². The zero-order chi connectivity index (χ0) is 23.1. The molecular weight excluding hydrogens is 471 g/mol. The number of ether oxygens (including phenoxy) is 1. The molecule has 5 nitrogen and oxygen atoms in total. The van der Waals surface area contributed by atoms with E-state index >= 15 is 0 Å². The molecule has 0 bridgehead atoms. The Bertz CT molecular complexity index is 931. The quantitative estimate of drug-likeness (QED) is 0.470. The Labute approximate surface area is 204 Å². The highest BCUT2D eigenvalue weighted by molar-refractivity contribution is 6.35. The standard InChI is InChI=1S/C24H27Cl3N2O3/c1-2-22(24(31)28-19-5-3-4-6-19)29(14-16-7-8-18(26)13-21(16)27)23(30)15-32-20-11-9-17(25)10-12-20/h7-13,19,22H,2-6,14-15H2,1H3,(H,28,31). The molecule has 0 saturated heterocycles. The largest absolute Gasteiger partial charge is 0.484 e. The lowest BCUT2D eigenvalue weighted by Gasteiger charge is -2.31. The maximum Gasteiger partial charge on any atom is 0.261 e. The van der Waals surface area contributed by atoms with E-state index in [9.17, 15) is 9.59 Å². The Kier molecular flexibility index (Phi) is 9.09. The molecule has 1 N–H and O–H groups in total. The highest BCUT2D eigenvalue weighted by Crippen LogP contribution is 2.25. The number of benzene rings is 2. The topological polar surface area (TPSA) is 58.6 Å². The van der Waals surface area contributed by atoms with Gasteiger partial charge in [0.1, 0.15) is 11.8 Å². The second-order valence-electron chi connectivity index (χ2n) is 7.91. The lowest BCUT2D eigenvalue weighted by Crippen LogP contribution is -2.52. The molecule has 1 fully saturated rings. The molecule has 0 radical (unpaired) electrons. The first kappa shape index (κ1) is 24.7. The molecule has 8 heteroatoms. The lowest BCUT2D eigenvalue weighted by atomic mass is 10.1. The summed E-state index contributed by atoms with van der Waals surface area (Å²) in [6, 6.07) is 11.4. The van der Waals surface area contributed by atoms with Gasteiger partial charge in [-0.05, 0) is 61.2 Å². The van der Waals surface area contributed by atoms with Crippen LogP contribution in [0.5, 0.6) is 5.75 Å². The molecule has 3 rings (SSSR count). The third-order valence-corrected chi connectivity index (χ3v) is 6.46. The number of nitrogens with zero attached hydrogens (tertiary/aromatic N) is 1. The van der Waals surface area contributed by atoms with Crippen LogP contribution in [0.1, 0.15) is 44.6 Å². The SMILES string of the molecule is CCC(C(=O)NC1CCCC1)N(Cc1ccc(Cl)cc1Cl)C(=O)COc1ccc(Cl)cc1. The van der Waals surface area contributed by atoms with Gasteiger partial charge in [-0.1, -0.05) is 60.6 Å². The average molecular weight is 498 g/mol. The fraction of sp³-hybridized carbons (Fsp3) is 0.417. The van der Waals surface area contributed by atoms with E-state index in [2.05, 4.69) is 5.32 Å². The summed E-state index contributed by atoms with van der Waals surface area (Å²) in [4.78, 5) is 27.9. The minimum Gasteiger partial charge on any atom is -0.484 e. The van der Waals surface area contributed by atoms with Crippen molar-refractivity contribution in [1.29, 1.82) is 0 Å². The van der Waals surface area contributed by atoms with Crippen LogP contribution in [0.25, 0.3) is 0 Å². The molecule has 2 aromatic rings. The number of hydrogen-bond acceptors (Lipinski definition) is 3. The maximum atomic E-state index is 13.2. The first-order chi connectivity index (χ1) is 15.4. The molecule has 1 aliphatic carbocycles. The fourth-order valence-corrected chi connectivity index (χ4v) is 4.47. The van der Waals surface area contributed by atoms with Gasteiger partial charge in [-0.2, -0.15) is 0 Å². The summed E-state index contributed by atoms with van der Waals surface area (Å²) in [6.45, 7) is 1.86. The van der Waals surface area contributed by atoms with Crippen LogP contribution in [0.3, 0.4) is 0 Å². The predicted octanol–water partition coefficient (Wildman–Crippen LogP) is 5.89. The van der Waals surface area contributed by atoms with Gasteiger partial charge in [-0.25, -0.2) is 0 Å². The van der Waals surface area contributed by atoms with Crippen LogP contribution in [-0.4, -0.2) is 35.4 Å². The summed E-state index contributed by atoms with van der Waals surface area (Å²) in [6.07, 6.45) is 4.63. The molecule has 2 amide bonds.